The maximum Gasteiger partial charge on any atom is 0.315 e. The van der Waals surface area contributed by atoms with Crippen molar-refractivity contribution in [2.24, 2.45) is 11.3 Å². The third kappa shape index (κ3) is 9.09. The number of carbonyl (C=O) groups is 4. The van der Waals surface area contributed by atoms with Gasteiger partial charge in [-0.3, -0.25) is 19.3 Å². The molecule has 0 saturated carbocycles. The molecule has 2 heterocycles. The first kappa shape index (κ1) is 32.3. The molecule has 2 rings (SSSR count). The summed E-state index contributed by atoms with van der Waals surface area (Å²) in [5.74, 6) is -1.17. The van der Waals surface area contributed by atoms with Gasteiger partial charge in [-0.15, -0.1) is 0 Å². The molecule has 0 unspecified atom stereocenters. The van der Waals surface area contributed by atoms with E-state index in [9.17, 15) is 24.4 Å². The van der Waals surface area contributed by atoms with Crippen molar-refractivity contribution >= 4 is 23.8 Å². The third-order valence-electron chi connectivity index (χ3n) is 7.46. The van der Waals surface area contributed by atoms with Crippen LogP contribution in [0.1, 0.15) is 81.1 Å². The van der Waals surface area contributed by atoms with Gasteiger partial charge in [0.05, 0.1) is 6.07 Å². The molecular formula is C28H49N7O4. The molecule has 0 aromatic heterocycles. The van der Waals surface area contributed by atoms with Crippen molar-refractivity contribution < 1.29 is 19.2 Å². The van der Waals surface area contributed by atoms with E-state index in [4.69, 9.17) is 0 Å². The van der Waals surface area contributed by atoms with Crippen molar-refractivity contribution in [2.75, 3.05) is 26.2 Å². The number of urea groups is 1. The molecule has 11 nitrogen and oxygen atoms in total. The maximum atomic E-state index is 14.0. The number of nitrogens with one attached hydrogen (secondary N) is 4. The van der Waals surface area contributed by atoms with Crippen LogP contribution in [0.5, 0.6) is 0 Å². The maximum absolute atomic E-state index is 14.0. The molecule has 11 heteroatoms. The lowest BCUT2D eigenvalue weighted by molar-refractivity contribution is -0.142. The number of hydrogen-bond acceptors (Lipinski definition) is 6. The van der Waals surface area contributed by atoms with Gasteiger partial charge in [0.2, 0.25) is 17.7 Å². The van der Waals surface area contributed by atoms with E-state index in [-0.39, 0.29) is 30.2 Å². The van der Waals surface area contributed by atoms with Gasteiger partial charge in [-0.1, -0.05) is 34.6 Å². The van der Waals surface area contributed by atoms with Gasteiger partial charge in [0, 0.05) is 30.6 Å². The van der Waals surface area contributed by atoms with E-state index in [0.29, 0.717) is 25.9 Å². The molecule has 220 valence electrons. The standard InChI is InChI=1S/C28H49N7O4/c1-9-34(10-2)20-15-21(24(37)31-19(16-29)14-18-12-11-13-30-23(18)36)35(17-20)25(38)22(27(3,4)5)32-26(39)33-28(6,7)8/h18-22H,9-15,17H2,1-8H3,(H,30,36)(H,31,37)(H2,32,33,39)/t18-,19-,20+,21-,22+/m0/s1. The highest BCUT2D eigenvalue weighted by Gasteiger charge is 2.46. The number of likely N-dealkylation sites (N-methyl/N-ethyl adjacent to an activating group) is 1. The number of nitrogens with zero attached hydrogens (tertiary/aromatic N) is 3. The summed E-state index contributed by atoms with van der Waals surface area (Å²) in [6.07, 6.45) is 2.16. The summed E-state index contributed by atoms with van der Waals surface area (Å²) < 4.78 is 0. The first-order chi connectivity index (χ1) is 18.1. The molecule has 0 aliphatic carbocycles. The smallest absolute Gasteiger partial charge is 0.315 e. The Labute approximate surface area is 233 Å². The first-order valence-corrected chi connectivity index (χ1v) is 14.2. The van der Waals surface area contributed by atoms with Crippen molar-refractivity contribution in [3.05, 3.63) is 0 Å². The number of likely N-dealkylation sites (tertiary alicyclic amines) is 1. The Balaban J connectivity index is 2.29. The van der Waals surface area contributed by atoms with Crippen LogP contribution in [-0.2, 0) is 14.4 Å². The minimum atomic E-state index is -0.872. The normalized spacial score (nSPS) is 23.4. The number of hydrogen-bond donors (Lipinski definition) is 4. The molecule has 0 spiro atoms. The van der Waals surface area contributed by atoms with Gasteiger partial charge in [0.1, 0.15) is 18.1 Å². The Morgan fingerprint density at radius 1 is 1.13 bits per heavy atom. The molecule has 2 aliphatic rings. The summed E-state index contributed by atoms with van der Waals surface area (Å²) in [6.45, 7) is 17.8. The minimum absolute atomic E-state index is 0.0339. The van der Waals surface area contributed by atoms with E-state index < -0.39 is 41.0 Å². The number of piperidine rings is 1. The van der Waals surface area contributed by atoms with Crippen molar-refractivity contribution in [3.63, 3.8) is 0 Å². The van der Waals surface area contributed by atoms with E-state index in [0.717, 1.165) is 19.5 Å². The Bertz CT molecular complexity index is 930. The van der Waals surface area contributed by atoms with Gasteiger partial charge in [0.15, 0.2) is 0 Å². The summed E-state index contributed by atoms with van der Waals surface area (Å²) >= 11 is 0. The van der Waals surface area contributed by atoms with Gasteiger partial charge in [-0.2, -0.15) is 5.26 Å². The number of amides is 5. The van der Waals surface area contributed by atoms with Crippen molar-refractivity contribution in [2.45, 2.75) is 111 Å². The second-order valence-corrected chi connectivity index (χ2v) is 12.8. The predicted molar refractivity (Wildman–Crippen MR) is 149 cm³/mol. The zero-order chi connectivity index (χ0) is 29.5. The highest BCUT2D eigenvalue weighted by Crippen LogP contribution is 2.28. The molecule has 2 saturated heterocycles. The van der Waals surface area contributed by atoms with Crippen molar-refractivity contribution in [1.29, 1.82) is 5.26 Å². The minimum Gasteiger partial charge on any atom is -0.356 e. The van der Waals surface area contributed by atoms with Crippen LogP contribution in [0, 0.1) is 22.7 Å². The fourth-order valence-electron chi connectivity index (χ4n) is 5.39. The van der Waals surface area contributed by atoms with Gasteiger partial charge < -0.3 is 26.2 Å². The van der Waals surface area contributed by atoms with Crippen LogP contribution in [0.25, 0.3) is 0 Å². The van der Waals surface area contributed by atoms with E-state index in [1.165, 1.54) is 0 Å². The van der Waals surface area contributed by atoms with Crippen LogP contribution in [0.4, 0.5) is 4.79 Å². The monoisotopic (exact) mass is 547 g/mol. The number of rotatable bonds is 9. The average molecular weight is 548 g/mol. The number of carbonyl (C=O) groups excluding carboxylic acids is 4. The van der Waals surface area contributed by atoms with Crippen LogP contribution >= 0.6 is 0 Å². The Morgan fingerprint density at radius 3 is 2.28 bits per heavy atom. The van der Waals surface area contributed by atoms with Crippen molar-refractivity contribution in [3.8, 4) is 6.07 Å². The number of nitriles is 1. The molecular weight excluding hydrogens is 498 g/mol. The zero-order valence-electron chi connectivity index (χ0n) is 25.0. The fourth-order valence-corrected chi connectivity index (χ4v) is 5.39. The quantitative estimate of drug-likeness (QED) is 0.346. The van der Waals surface area contributed by atoms with Crippen LogP contribution in [0.3, 0.4) is 0 Å². The highest BCUT2D eigenvalue weighted by molar-refractivity contribution is 5.93. The molecule has 4 N–H and O–H groups in total. The van der Waals surface area contributed by atoms with Crippen LogP contribution < -0.4 is 21.3 Å². The van der Waals surface area contributed by atoms with E-state index in [1.54, 1.807) is 4.90 Å². The van der Waals surface area contributed by atoms with Gasteiger partial charge in [-0.25, -0.2) is 4.79 Å². The molecule has 5 amide bonds. The lowest BCUT2D eigenvalue weighted by Gasteiger charge is -2.36. The summed E-state index contributed by atoms with van der Waals surface area (Å²) in [6, 6.07) is -0.867. The highest BCUT2D eigenvalue weighted by atomic mass is 16.2. The topological polar surface area (TPSA) is 147 Å². The fraction of sp³-hybridized carbons (Fsp3) is 0.821. The molecule has 5 atom stereocenters. The van der Waals surface area contributed by atoms with Crippen LogP contribution in [-0.4, -0.2) is 89.4 Å². The Morgan fingerprint density at radius 2 is 1.77 bits per heavy atom. The molecule has 0 aromatic rings. The Kier molecular flexibility index (Phi) is 11.2. The largest absolute Gasteiger partial charge is 0.356 e. The predicted octanol–water partition coefficient (Wildman–Crippen LogP) is 1.73. The van der Waals surface area contributed by atoms with Crippen LogP contribution in [0.15, 0.2) is 0 Å². The Hall–Kier alpha value is -2.87. The molecule has 0 aromatic carbocycles. The summed E-state index contributed by atoms with van der Waals surface area (Å²) in [4.78, 5) is 56.4. The second-order valence-electron chi connectivity index (χ2n) is 12.8. The summed E-state index contributed by atoms with van der Waals surface area (Å²) in [5, 5.41) is 21.1. The second kappa shape index (κ2) is 13.5. The SMILES string of the molecule is CCN(CC)[C@@H]1C[C@@H](C(=O)N[C@H](C#N)C[C@@H]2CCCNC2=O)N(C(=O)[C@@H](NC(=O)NC(C)(C)C)C(C)(C)C)C1. The first-order valence-electron chi connectivity index (χ1n) is 14.2. The third-order valence-corrected chi connectivity index (χ3v) is 7.46. The summed E-state index contributed by atoms with van der Waals surface area (Å²) in [7, 11) is 0. The zero-order valence-corrected chi connectivity index (χ0v) is 25.0. The van der Waals surface area contributed by atoms with Gasteiger partial charge in [0.25, 0.3) is 0 Å². The average Bonchev–Trinajstić information content (AvgIpc) is 3.27. The van der Waals surface area contributed by atoms with Crippen molar-refractivity contribution in [1.82, 2.24) is 31.1 Å². The van der Waals surface area contributed by atoms with Crippen LogP contribution in [0.2, 0.25) is 0 Å². The van der Waals surface area contributed by atoms with E-state index in [1.807, 2.05) is 55.4 Å². The lowest BCUT2D eigenvalue weighted by Crippen LogP contribution is -2.60. The molecule has 2 fully saturated rings. The molecule has 39 heavy (non-hydrogen) atoms. The van der Waals surface area contributed by atoms with E-state index in [2.05, 4.69) is 32.2 Å². The summed E-state index contributed by atoms with van der Waals surface area (Å²) in [5.41, 5.74) is -1.11. The van der Waals surface area contributed by atoms with Gasteiger partial charge >= 0.3 is 6.03 Å². The van der Waals surface area contributed by atoms with E-state index >= 15 is 0 Å². The lowest BCUT2D eigenvalue weighted by atomic mass is 9.85. The molecule has 0 bridgehead atoms. The van der Waals surface area contributed by atoms with Gasteiger partial charge in [-0.05, 0) is 65.0 Å². The molecule has 0 radical (unpaired) electrons. The molecule has 2 aliphatic heterocycles.